The lowest BCUT2D eigenvalue weighted by molar-refractivity contribution is 0.203. The van der Waals surface area contributed by atoms with Gasteiger partial charge in [0, 0.05) is 49.6 Å². The predicted molar refractivity (Wildman–Crippen MR) is 231 cm³/mol. The van der Waals surface area contributed by atoms with Crippen LogP contribution < -0.4 is 16.0 Å². The van der Waals surface area contributed by atoms with Crippen molar-refractivity contribution in [2.45, 2.75) is 18.5 Å². The second kappa shape index (κ2) is 12.8. The molecule has 1 fully saturated rings. The smallest absolute Gasteiger partial charge is 0.143 e. The zero-order valence-corrected chi connectivity index (χ0v) is 30.8. The quantitative estimate of drug-likeness (QED) is 0.164. The van der Waals surface area contributed by atoms with Crippen LogP contribution in [0.2, 0.25) is 0 Å². The van der Waals surface area contributed by atoms with Gasteiger partial charge in [0.05, 0.1) is 29.5 Å². The maximum atomic E-state index is 6.80. The molecular formula is C51H36N4O2. The van der Waals surface area contributed by atoms with Gasteiger partial charge in [-0.3, -0.25) is 16.0 Å². The minimum absolute atomic E-state index is 0.0465. The molecule has 1 aliphatic heterocycles. The van der Waals surface area contributed by atoms with Crippen molar-refractivity contribution in [3.63, 3.8) is 0 Å². The zero-order chi connectivity index (χ0) is 37.5. The second-order valence-corrected chi connectivity index (χ2v) is 15.0. The van der Waals surface area contributed by atoms with E-state index in [0.717, 1.165) is 66.3 Å². The molecule has 0 aliphatic carbocycles. The van der Waals surface area contributed by atoms with E-state index in [4.69, 9.17) is 8.83 Å². The van der Waals surface area contributed by atoms with Crippen LogP contribution in [-0.2, 0) is 0 Å². The number of hydrogen-bond acceptors (Lipinski definition) is 5. The Labute approximate surface area is 327 Å². The lowest BCUT2D eigenvalue weighted by atomic mass is 9.99. The fourth-order valence-electron chi connectivity index (χ4n) is 9.01. The normalized spacial score (nSPS) is 17.4. The van der Waals surface area contributed by atoms with Gasteiger partial charge in [-0.15, -0.1) is 0 Å². The molecule has 4 heterocycles. The van der Waals surface area contributed by atoms with Crippen molar-refractivity contribution in [1.82, 2.24) is 20.5 Å². The van der Waals surface area contributed by atoms with Crippen LogP contribution >= 0.6 is 0 Å². The Balaban J connectivity index is 0.921. The Bertz CT molecular complexity index is 3210. The molecule has 2 atom stereocenters. The molecule has 272 valence electrons. The van der Waals surface area contributed by atoms with E-state index in [9.17, 15) is 0 Å². The first-order valence-corrected chi connectivity index (χ1v) is 19.5. The van der Waals surface area contributed by atoms with Crippen LogP contribution in [0.1, 0.15) is 35.2 Å². The summed E-state index contributed by atoms with van der Waals surface area (Å²) in [6.07, 6.45) is -0.212. The average molecular weight is 737 g/mol. The summed E-state index contributed by atoms with van der Waals surface area (Å²) >= 11 is 0. The van der Waals surface area contributed by atoms with Crippen LogP contribution in [0.4, 0.5) is 0 Å². The van der Waals surface area contributed by atoms with Crippen molar-refractivity contribution in [3.8, 4) is 16.8 Å². The molecule has 2 unspecified atom stereocenters. The highest BCUT2D eigenvalue weighted by Gasteiger charge is 2.30. The molecule has 11 aromatic rings. The molecule has 0 spiro atoms. The van der Waals surface area contributed by atoms with Crippen molar-refractivity contribution in [3.05, 3.63) is 199 Å². The second-order valence-electron chi connectivity index (χ2n) is 15.0. The molecule has 1 aliphatic rings. The Morgan fingerprint density at radius 3 is 1.65 bits per heavy atom. The van der Waals surface area contributed by atoms with Crippen molar-refractivity contribution >= 4 is 65.7 Å². The maximum Gasteiger partial charge on any atom is 0.143 e. The van der Waals surface area contributed by atoms with Gasteiger partial charge < -0.3 is 13.4 Å². The number of furan rings is 2. The van der Waals surface area contributed by atoms with Gasteiger partial charge in [-0.25, -0.2) is 0 Å². The van der Waals surface area contributed by atoms with Crippen LogP contribution in [-0.4, -0.2) is 4.57 Å². The van der Waals surface area contributed by atoms with Crippen LogP contribution in [0, 0.1) is 0 Å². The number of fused-ring (bicyclic) bond motifs is 9. The minimum atomic E-state index is -0.119. The summed E-state index contributed by atoms with van der Waals surface area (Å²) in [5.41, 5.74) is 12.5. The summed E-state index contributed by atoms with van der Waals surface area (Å²) in [4.78, 5) is 0. The zero-order valence-electron chi connectivity index (χ0n) is 30.8. The van der Waals surface area contributed by atoms with E-state index in [1.54, 1.807) is 0 Å². The Kier molecular flexibility index (Phi) is 7.25. The van der Waals surface area contributed by atoms with E-state index < -0.39 is 0 Å². The largest absolute Gasteiger partial charge is 0.456 e. The number of nitrogens with one attached hydrogen (secondary N) is 3. The molecule has 12 rings (SSSR count). The van der Waals surface area contributed by atoms with Gasteiger partial charge >= 0.3 is 0 Å². The average Bonchev–Trinajstić information content (AvgIpc) is 3.95. The minimum Gasteiger partial charge on any atom is -0.456 e. The van der Waals surface area contributed by atoms with Crippen LogP contribution in [0.25, 0.3) is 82.5 Å². The lowest BCUT2D eigenvalue weighted by Gasteiger charge is -2.39. The summed E-state index contributed by atoms with van der Waals surface area (Å²) in [6, 6.07) is 64.3. The summed E-state index contributed by atoms with van der Waals surface area (Å²) in [6.45, 7) is 0. The SMILES string of the molecule is c1ccc(C2NC(c3ccccc3)NC(c3ccc4c(c3)oc3c(-c5ccc6oc7cc(-n8c9ccccc9c9ccccc98)ccc7c6c5)cccc34)N2)cc1. The summed E-state index contributed by atoms with van der Waals surface area (Å²) in [7, 11) is 0. The van der Waals surface area contributed by atoms with E-state index in [1.165, 1.54) is 32.9 Å². The van der Waals surface area contributed by atoms with Crippen LogP contribution in [0.15, 0.2) is 191 Å². The third-order valence-electron chi connectivity index (χ3n) is 11.7. The number of aromatic nitrogens is 1. The van der Waals surface area contributed by atoms with E-state index in [-0.39, 0.29) is 18.5 Å². The fourth-order valence-corrected chi connectivity index (χ4v) is 9.01. The summed E-state index contributed by atoms with van der Waals surface area (Å²) < 4.78 is 15.7. The first kappa shape index (κ1) is 32.3. The number of para-hydroxylation sites is 3. The standard InChI is InChI=1S/C51H36N4O2/c1-3-12-31(13-4-1)49-52-50(32-14-5-2-6-15-32)54-51(53-49)34-22-25-39-41-19-11-18-36(48(41)57-46(39)29-34)33-23-27-45-42(28-33)40-26-24-35(30-47(40)56-45)55-43-20-9-7-16-37(43)38-17-8-10-21-44(38)55/h1-30,49-54H. The van der Waals surface area contributed by atoms with Gasteiger partial charge in [0.15, 0.2) is 0 Å². The van der Waals surface area contributed by atoms with Crippen LogP contribution in [0.3, 0.4) is 0 Å². The molecule has 57 heavy (non-hydrogen) atoms. The van der Waals surface area contributed by atoms with Crippen LogP contribution in [0.5, 0.6) is 0 Å². The van der Waals surface area contributed by atoms with Gasteiger partial charge in [-0.05, 0) is 64.7 Å². The van der Waals surface area contributed by atoms with Crippen molar-refractivity contribution in [2.24, 2.45) is 0 Å². The first-order chi connectivity index (χ1) is 28.2. The Morgan fingerprint density at radius 2 is 0.947 bits per heavy atom. The van der Waals surface area contributed by atoms with Gasteiger partial charge in [0.1, 0.15) is 22.3 Å². The topological polar surface area (TPSA) is 67.3 Å². The van der Waals surface area contributed by atoms with E-state index in [1.807, 2.05) is 0 Å². The molecule has 0 radical (unpaired) electrons. The van der Waals surface area contributed by atoms with E-state index in [0.29, 0.717) is 0 Å². The molecule has 3 aromatic heterocycles. The molecule has 3 N–H and O–H groups in total. The van der Waals surface area contributed by atoms with Gasteiger partial charge in [0.2, 0.25) is 0 Å². The molecular weight excluding hydrogens is 701 g/mol. The monoisotopic (exact) mass is 736 g/mol. The highest BCUT2D eigenvalue weighted by atomic mass is 16.3. The maximum absolute atomic E-state index is 6.80. The molecule has 0 bridgehead atoms. The van der Waals surface area contributed by atoms with E-state index >= 15 is 0 Å². The number of benzene rings is 8. The molecule has 0 amide bonds. The number of hydrogen-bond donors (Lipinski definition) is 3. The Morgan fingerprint density at radius 1 is 0.368 bits per heavy atom. The highest BCUT2D eigenvalue weighted by molar-refractivity contribution is 6.13. The lowest BCUT2D eigenvalue weighted by Crippen LogP contribution is -2.54. The van der Waals surface area contributed by atoms with Gasteiger partial charge in [0.25, 0.3) is 0 Å². The van der Waals surface area contributed by atoms with Gasteiger partial charge in [-0.2, -0.15) is 0 Å². The van der Waals surface area contributed by atoms with Crippen molar-refractivity contribution in [1.29, 1.82) is 0 Å². The predicted octanol–water partition coefficient (Wildman–Crippen LogP) is 12.4. The first-order valence-electron chi connectivity index (χ1n) is 19.5. The molecule has 1 saturated heterocycles. The van der Waals surface area contributed by atoms with Gasteiger partial charge in [-0.1, -0.05) is 133 Å². The highest BCUT2D eigenvalue weighted by Crippen LogP contribution is 2.41. The number of nitrogens with zero attached hydrogens (tertiary/aromatic N) is 1. The van der Waals surface area contributed by atoms with Crippen molar-refractivity contribution in [2.75, 3.05) is 0 Å². The molecule has 0 saturated carbocycles. The third-order valence-corrected chi connectivity index (χ3v) is 11.7. The fraction of sp³-hybridized carbons (Fsp3) is 0.0588. The molecule has 6 heteroatoms. The molecule has 8 aromatic carbocycles. The van der Waals surface area contributed by atoms with Crippen molar-refractivity contribution < 1.29 is 8.83 Å². The third kappa shape index (κ3) is 5.23. The summed E-state index contributed by atoms with van der Waals surface area (Å²) in [5.74, 6) is 0. The molecule has 6 nitrogen and oxygen atoms in total. The summed E-state index contributed by atoms with van der Waals surface area (Å²) in [5, 5.41) is 18.2. The number of rotatable bonds is 5. The Hall–Kier alpha value is -6.96. The van der Waals surface area contributed by atoms with E-state index in [2.05, 4.69) is 203 Å².